The maximum absolute atomic E-state index is 12.1. The number of rotatable bonds is 6. The standard InChI is InChI=1S/C15H16N8O3S/c1-22-15(18-20-21-22)27-8-7-12(25)16-17-14(26)13-11(24)9-23(19-13)10-5-3-2-4-6-10/h2-6,9,24H,7-8H2,1H3,(H,16,25)(H,17,26). The summed E-state index contributed by atoms with van der Waals surface area (Å²) in [6.07, 6.45) is 1.46. The van der Waals surface area contributed by atoms with Gasteiger partial charge in [-0.05, 0) is 22.6 Å². The van der Waals surface area contributed by atoms with Gasteiger partial charge in [-0.1, -0.05) is 30.0 Å². The van der Waals surface area contributed by atoms with Crippen molar-refractivity contribution in [3.63, 3.8) is 0 Å². The molecule has 1 aromatic carbocycles. The number of tetrazole rings is 1. The van der Waals surface area contributed by atoms with Crippen LogP contribution in [0.15, 0.2) is 41.7 Å². The van der Waals surface area contributed by atoms with Gasteiger partial charge in [0, 0.05) is 19.2 Å². The smallest absolute Gasteiger partial charge is 0.294 e. The molecule has 140 valence electrons. The Morgan fingerprint density at radius 1 is 1.22 bits per heavy atom. The number of carbonyl (C=O) groups excluding carboxylic acids is 2. The molecule has 2 amide bonds. The molecule has 0 aliphatic carbocycles. The van der Waals surface area contributed by atoms with Crippen molar-refractivity contribution in [2.75, 3.05) is 5.75 Å². The van der Waals surface area contributed by atoms with Crippen molar-refractivity contribution in [3.05, 3.63) is 42.2 Å². The molecule has 3 aromatic rings. The minimum atomic E-state index is -0.722. The Morgan fingerprint density at radius 2 is 2.00 bits per heavy atom. The van der Waals surface area contributed by atoms with Crippen LogP contribution in [0.4, 0.5) is 0 Å². The van der Waals surface area contributed by atoms with E-state index in [0.717, 1.165) is 0 Å². The van der Waals surface area contributed by atoms with Gasteiger partial charge in [-0.15, -0.1) is 5.10 Å². The molecule has 3 N–H and O–H groups in total. The van der Waals surface area contributed by atoms with Gasteiger partial charge in [0.1, 0.15) is 0 Å². The molecule has 0 aliphatic rings. The zero-order chi connectivity index (χ0) is 19.2. The summed E-state index contributed by atoms with van der Waals surface area (Å²) in [5, 5.41) is 25.5. The first kappa shape index (κ1) is 18.4. The molecular formula is C15H16N8O3S. The molecular weight excluding hydrogens is 372 g/mol. The SMILES string of the molecule is Cn1nnnc1SCCC(=O)NNC(=O)c1nn(-c2ccccc2)cc1O. The van der Waals surface area contributed by atoms with Crippen molar-refractivity contribution in [1.29, 1.82) is 0 Å². The number of benzene rings is 1. The number of thioether (sulfide) groups is 1. The van der Waals surface area contributed by atoms with Crippen molar-refractivity contribution in [1.82, 2.24) is 40.8 Å². The molecule has 0 saturated heterocycles. The summed E-state index contributed by atoms with van der Waals surface area (Å²) in [7, 11) is 1.70. The molecule has 0 saturated carbocycles. The minimum absolute atomic E-state index is 0.141. The van der Waals surface area contributed by atoms with Crippen LogP contribution in [0.5, 0.6) is 5.75 Å². The van der Waals surface area contributed by atoms with Crippen LogP contribution >= 0.6 is 11.8 Å². The molecule has 27 heavy (non-hydrogen) atoms. The quantitative estimate of drug-likeness (QED) is 0.397. The number of nitrogens with one attached hydrogen (secondary N) is 2. The Hall–Kier alpha value is -3.41. The van der Waals surface area contributed by atoms with Crippen LogP contribution in [0.3, 0.4) is 0 Å². The molecule has 0 aliphatic heterocycles. The predicted molar refractivity (Wildman–Crippen MR) is 95.0 cm³/mol. The van der Waals surface area contributed by atoms with E-state index in [1.54, 1.807) is 19.2 Å². The lowest BCUT2D eigenvalue weighted by molar-refractivity contribution is -0.121. The predicted octanol–water partition coefficient (Wildman–Crippen LogP) is 0.0448. The number of hydrazine groups is 1. The first-order chi connectivity index (χ1) is 13.0. The number of amides is 2. The largest absolute Gasteiger partial charge is 0.504 e. The lowest BCUT2D eigenvalue weighted by Gasteiger charge is -2.06. The first-order valence-corrected chi connectivity index (χ1v) is 8.81. The second-order valence-corrected chi connectivity index (χ2v) is 6.39. The third-order valence-corrected chi connectivity index (χ3v) is 4.40. The molecule has 11 nitrogen and oxygen atoms in total. The van der Waals surface area contributed by atoms with Crippen molar-refractivity contribution in [3.8, 4) is 11.4 Å². The van der Waals surface area contributed by atoms with E-state index in [1.807, 2.05) is 18.2 Å². The number of aromatic hydroxyl groups is 1. The Labute approximate surface area is 157 Å². The van der Waals surface area contributed by atoms with E-state index in [4.69, 9.17) is 0 Å². The number of aryl methyl sites for hydroxylation is 1. The number of para-hydroxylation sites is 1. The summed E-state index contributed by atoms with van der Waals surface area (Å²) in [6.45, 7) is 0. The highest BCUT2D eigenvalue weighted by molar-refractivity contribution is 7.99. The van der Waals surface area contributed by atoms with Gasteiger partial charge in [0.15, 0.2) is 11.4 Å². The lowest BCUT2D eigenvalue weighted by atomic mass is 10.3. The van der Waals surface area contributed by atoms with E-state index in [1.165, 1.54) is 27.3 Å². The third-order valence-electron chi connectivity index (χ3n) is 3.39. The lowest BCUT2D eigenvalue weighted by Crippen LogP contribution is -2.42. The Morgan fingerprint density at radius 3 is 2.70 bits per heavy atom. The molecule has 0 radical (unpaired) electrons. The van der Waals surface area contributed by atoms with Crippen LogP contribution in [0, 0.1) is 0 Å². The Balaban J connectivity index is 1.49. The van der Waals surface area contributed by atoms with E-state index >= 15 is 0 Å². The van der Waals surface area contributed by atoms with E-state index in [-0.39, 0.29) is 17.9 Å². The van der Waals surface area contributed by atoms with Crippen LogP contribution in [-0.2, 0) is 11.8 Å². The van der Waals surface area contributed by atoms with E-state index in [0.29, 0.717) is 16.6 Å². The van der Waals surface area contributed by atoms with Crippen LogP contribution in [0.2, 0.25) is 0 Å². The maximum atomic E-state index is 12.1. The van der Waals surface area contributed by atoms with Crippen molar-refractivity contribution in [2.24, 2.45) is 7.05 Å². The molecule has 0 bridgehead atoms. The third kappa shape index (κ3) is 4.61. The number of aromatic nitrogens is 6. The second-order valence-electron chi connectivity index (χ2n) is 5.33. The van der Waals surface area contributed by atoms with Gasteiger partial charge in [-0.25, -0.2) is 9.36 Å². The number of hydrogen-bond acceptors (Lipinski definition) is 8. The van der Waals surface area contributed by atoms with Gasteiger partial charge in [0.25, 0.3) is 5.91 Å². The normalized spacial score (nSPS) is 10.6. The number of nitrogens with zero attached hydrogens (tertiary/aromatic N) is 6. The molecule has 0 unspecified atom stereocenters. The van der Waals surface area contributed by atoms with Crippen molar-refractivity contribution < 1.29 is 14.7 Å². The first-order valence-electron chi connectivity index (χ1n) is 7.83. The van der Waals surface area contributed by atoms with Gasteiger partial charge in [0.05, 0.1) is 11.9 Å². The summed E-state index contributed by atoms with van der Waals surface area (Å²) < 4.78 is 2.87. The van der Waals surface area contributed by atoms with E-state index in [9.17, 15) is 14.7 Å². The molecule has 3 rings (SSSR count). The summed E-state index contributed by atoms with van der Waals surface area (Å²) >= 11 is 1.31. The van der Waals surface area contributed by atoms with Gasteiger partial charge in [0.2, 0.25) is 11.1 Å². The molecule has 12 heteroatoms. The summed E-state index contributed by atoms with van der Waals surface area (Å²) in [6, 6.07) is 9.02. The van der Waals surface area contributed by atoms with Crippen LogP contribution in [0.25, 0.3) is 5.69 Å². The van der Waals surface area contributed by atoms with E-state index in [2.05, 4.69) is 31.5 Å². The fourth-order valence-electron chi connectivity index (χ4n) is 2.07. The number of hydrogen-bond donors (Lipinski definition) is 3. The maximum Gasteiger partial charge on any atom is 0.294 e. The summed E-state index contributed by atoms with van der Waals surface area (Å²) in [5.41, 5.74) is 5.00. The molecule has 0 fully saturated rings. The van der Waals surface area contributed by atoms with Gasteiger partial charge in [-0.3, -0.25) is 20.4 Å². The topological polar surface area (TPSA) is 140 Å². The Kier molecular flexibility index (Phi) is 5.66. The second kappa shape index (κ2) is 8.31. The average Bonchev–Trinajstić information content (AvgIpc) is 3.26. The Bertz CT molecular complexity index is 940. The fraction of sp³-hybridized carbons (Fsp3) is 0.200. The molecule has 2 aromatic heterocycles. The minimum Gasteiger partial charge on any atom is -0.504 e. The molecule has 0 spiro atoms. The number of carbonyl (C=O) groups is 2. The summed E-state index contributed by atoms with van der Waals surface area (Å²) in [5.74, 6) is -0.978. The zero-order valence-corrected chi connectivity index (χ0v) is 15.1. The van der Waals surface area contributed by atoms with Crippen LogP contribution < -0.4 is 10.9 Å². The van der Waals surface area contributed by atoms with E-state index < -0.39 is 11.8 Å². The van der Waals surface area contributed by atoms with Gasteiger partial charge in [-0.2, -0.15) is 5.10 Å². The van der Waals surface area contributed by atoms with Crippen LogP contribution in [0.1, 0.15) is 16.9 Å². The van der Waals surface area contributed by atoms with Gasteiger partial charge >= 0.3 is 0 Å². The average molecular weight is 388 g/mol. The van der Waals surface area contributed by atoms with Crippen molar-refractivity contribution >= 4 is 23.6 Å². The highest BCUT2D eigenvalue weighted by Crippen LogP contribution is 2.17. The molecule has 2 heterocycles. The highest BCUT2D eigenvalue weighted by Gasteiger charge is 2.17. The zero-order valence-electron chi connectivity index (χ0n) is 14.2. The van der Waals surface area contributed by atoms with Gasteiger partial charge < -0.3 is 5.11 Å². The fourth-order valence-corrected chi connectivity index (χ4v) is 2.85. The monoisotopic (exact) mass is 388 g/mol. The highest BCUT2D eigenvalue weighted by atomic mass is 32.2. The summed E-state index contributed by atoms with van der Waals surface area (Å²) in [4.78, 5) is 23.9. The van der Waals surface area contributed by atoms with Crippen molar-refractivity contribution in [2.45, 2.75) is 11.6 Å². The van der Waals surface area contributed by atoms with Crippen LogP contribution in [-0.4, -0.2) is 52.7 Å². The molecule has 0 atom stereocenters.